The first-order valence-corrected chi connectivity index (χ1v) is 5.71. The number of benzene rings is 1. The minimum atomic E-state index is -0.933. The molecule has 0 radical (unpaired) electrons. The maximum absolute atomic E-state index is 13.6. The first-order valence-electron chi connectivity index (χ1n) is 4.91. The van der Waals surface area contributed by atoms with E-state index in [0.717, 1.165) is 0 Å². The third-order valence-corrected chi connectivity index (χ3v) is 2.97. The number of nitrogens with one attached hydrogen (secondary N) is 1. The molecular weight excluding hydrogens is 295 g/mol. The zero-order valence-corrected chi connectivity index (χ0v) is 10.9. The van der Waals surface area contributed by atoms with E-state index in [9.17, 15) is 19.6 Å². The number of aliphatic hydroxyl groups excluding tert-OH is 1. The van der Waals surface area contributed by atoms with Crippen molar-refractivity contribution in [3.63, 3.8) is 0 Å². The minimum Gasteiger partial charge on any atom is -0.391 e. The van der Waals surface area contributed by atoms with Gasteiger partial charge >= 0.3 is 5.69 Å². The van der Waals surface area contributed by atoms with Crippen LogP contribution in [0.3, 0.4) is 0 Å². The molecule has 0 saturated heterocycles. The van der Waals surface area contributed by atoms with E-state index in [1.807, 2.05) is 0 Å². The van der Waals surface area contributed by atoms with Gasteiger partial charge in [0.15, 0.2) is 0 Å². The van der Waals surface area contributed by atoms with Crippen LogP contribution in [0.5, 0.6) is 0 Å². The predicted molar refractivity (Wildman–Crippen MR) is 65.5 cm³/mol. The van der Waals surface area contributed by atoms with Crippen LogP contribution in [0, 0.1) is 15.9 Å². The van der Waals surface area contributed by atoms with Crippen molar-refractivity contribution in [2.75, 3.05) is 5.32 Å². The second-order valence-corrected chi connectivity index (χ2v) is 4.54. The summed E-state index contributed by atoms with van der Waals surface area (Å²) in [5, 5.41) is 22.8. The van der Waals surface area contributed by atoms with E-state index in [1.54, 1.807) is 13.8 Å². The van der Waals surface area contributed by atoms with E-state index in [-0.39, 0.29) is 10.2 Å². The molecule has 5 nitrogen and oxygen atoms in total. The number of nitro benzene ring substituents is 1. The minimum absolute atomic E-state index is 0.0273. The number of aliphatic hydroxyl groups is 1. The van der Waals surface area contributed by atoms with E-state index < -0.39 is 28.6 Å². The van der Waals surface area contributed by atoms with Crippen molar-refractivity contribution in [3.8, 4) is 0 Å². The summed E-state index contributed by atoms with van der Waals surface area (Å²) < 4.78 is 13.6. The van der Waals surface area contributed by atoms with Crippen LogP contribution in [-0.4, -0.2) is 22.2 Å². The average Bonchev–Trinajstić information content (AvgIpc) is 2.22. The van der Waals surface area contributed by atoms with Gasteiger partial charge in [0.1, 0.15) is 5.69 Å². The molecule has 17 heavy (non-hydrogen) atoms. The van der Waals surface area contributed by atoms with Crippen molar-refractivity contribution in [2.24, 2.45) is 0 Å². The summed E-state index contributed by atoms with van der Waals surface area (Å²) >= 11 is 2.89. The highest BCUT2D eigenvalue weighted by atomic mass is 79.9. The van der Waals surface area contributed by atoms with E-state index in [4.69, 9.17) is 0 Å². The molecule has 0 amide bonds. The molecule has 0 aliphatic carbocycles. The lowest BCUT2D eigenvalue weighted by Crippen LogP contribution is -2.28. The smallest absolute Gasteiger partial charge is 0.328 e. The molecule has 2 N–H and O–H groups in total. The molecule has 0 aliphatic heterocycles. The third-order valence-electron chi connectivity index (χ3n) is 2.36. The predicted octanol–water partition coefficient (Wildman–Crippen LogP) is 2.68. The second-order valence-electron chi connectivity index (χ2n) is 3.69. The zero-order valence-electron chi connectivity index (χ0n) is 9.28. The average molecular weight is 307 g/mol. The van der Waals surface area contributed by atoms with Crippen molar-refractivity contribution in [2.45, 2.75) is 26.0 Å². The SMILES string of the molecule is CC(O)C(C)Nc1ccc(Br)c(F)c1[N+](=O)[O-]. The molecule has 1 aromatic carbocycles. The maximum atomic E-state index is 13.6. The van der Waals surface area contributed by atoms with Crippen LogP contribution in [0.1, 0.15) is 13.8 Å². The van der Waals surface area contributed by atoms with Gasteiger partial charge in [0, 0.05) is 6.04 Å². The Morgan fingerprint density at radius 1 is 1.53 bits per heavy atom. The van der Waals surface area contributed by atoms with Crippen molar-refractivity contribution >= 4 is 27.3 Å². The Morgan fingerprint density at radius 3 is 2.59 bits per heavy atom. The molecule has 0 spiro atoms. The van der Waals surface area contributed by atoms with Crippen molar-refractivity contribution in [1.29, 1.82) is 0 Å². The fraction of sp³-hybridized carbons (Fsp3) is 0.400. The lowest BCUT2D eigenvalue weighted by atomic mass is 10.2. The van der Waals surface area contributed by atoms with Gasteiger partial charge in [-0.15, -0.1) is 0 Å². The van der Waals surface area contributed by atoms with E-state index >= 15 is 0 Å². The Labute approximate surface area is 106 Å². The van der Waals surface area contributed by atoms with Gasteiger partial charge in [-0.05, 0) is 41.9 Å². The molecule has 0 saturated carbocycles. The van der Waals surface area contributed by atoms with Crippen LogP contribution >= 0.6 is 15.9 Å². The van der Waals surface area contributed by atoms with Crippen LogP contribution in [0.4, 0.5) is 15.8 Å². The first-order chi connectivity index (χ1) is 7.84. The number of halogens is 2. The van der Waals surface area contributed by atoms with Gasteiger partial charge in [-0.2, -0.15) is 4.39 Å². The van der Waals surface area contributed by atoms with Gasteiger partial charge in [-0.1, -0.05) is 0 Å². The quantitative estimate of drug-likeness (QED) is 0.662. The normalized spacial score (nSPS) is 14.2. The summed E-state index contributed by atoms with van der Waals surface area (Å²) in [5.74, 6) is -0.933. The topological polar surface area (TPSA) is 75.4 Å². The molecule has 1 rings (SSSR count). The lowest BCUT2D eigenvalue weighted by Gasteiger charge is -2.18. The Balaban J connectivity index is 3.16. The number of hydrogen-bond acceptors (Lipinski definition) is 4. The Bertz CT molecular complexity index is 440. The van der Waals surface area contributed by atoms with Crippen LogP contribution in [0.25, 0.3) is 0 Å². The van der Waals surface area contributed by atoms with Crippen LogP contribution in [-0.2, 0) is 0 Å². The number of nitrogens with zero attached hydrogens (tertiary/aromatic N) is 1. The molecule has 1 aromatic rings. The summed E-state index contributed by atoms with van der Waals surface area (Å²) in [6, 6.07) is 2.35. The molecule has 0 aliphatic rings. The fourth-order valence-corrected chi connectivity index (χ4v) is 1.52. The van der Waals surface area contributed by atoms with Crippen molar-refractivity contribution < 1.29 is 14.4 Å². The number of hydrogen-bond donors (Lipinski definition) is 2. The number of anilines is 1. The van der Waals surface area contributed by atoms with Gasteiger partial charge in [-0.3, -0.25) is 10.1 Å². The summed E-state index contributed by atoms with van der Waals surface area (Å²) in [7, 11) is 0. The number of rotatable bonds is 4. The summed E-state index contributed by atoms with van der Waals surface area (Å²) in [6.45, 7) is 3.19. The second kappa shape index (κ2) is 5.42. The van der Waals surface area contributed by atoms with Gasteiger partial charge in [0.2, 0.25) is 5.82 Å². The molecule has 94 valence electrons. The van der Waals surface area contributed by atoms with E-state index in [0.29, 0.717) is 0 Å². The Kier molecular flexibility index (Phi) is 4.41. The van der Waals surface area contributed by atoms with Gasteiger partial charge in [-0.25, -0.2) is 0 Å². The molecule has 2 atom stereocenters. The highest BCUT2D eigenvalue weighted by molar-refractivity contribution is 9.10. The largest absolute Gasteiger partial charge is 0.391 e. The van der Waals surface area contributed by atoms with Crippen LogP contribution < -0.4 is 5.32 Å². The van der Waals surface area contributed by atoms with Crippen LogP contribution in [0.15, 0.2) is 16.6 Å². The summed E-state index contributed by atoms with van der Waals surface area (Å²) in [6.07, 6.45) is -0.707. The van der Waals surface area contributed by atoms with Gasteiger partial charge < -0.3 is 10.4 Å². The maximum Gasteiger partial charge on any atom is 0.328 e. The Hall–Kier alpha value is -1.21. The van der Waals surface area contributed by atoms with Crippen molar-refractivity contribution in [1.82, 2.24) is 0 Å². The molecule has 7 heteroatoms. The Morgan fingerprint density at radius 2 is 2.12 bits per heavy atom. The lowest BCUT2D eigenvalue weighted by molar-refractivity contribution is -0.386. The number of nitro groups is 1. The highest BCUT2D eigenvalue weighted by Crippen LogP contribution is 2.33. The summed E-state index contributed by atoms with van der Waals surface area (Å²) in [5.41, 5.74) is -0.587. The van der Waals surface area contributed by atoms with Gasteiger partial charge in [0.25, 0.3) is 0 Å². The summed E-state index contributed by atoms with van der Waals surface area (Å²) in [4.78, 5) is 9.99. The standard InChI is InChI=1S/C10H12BrFN2O3/c1-5(6(2)15)13-8-4-3-7(11)9(12)10(8)14(16)17/h3-6,13,15H,1-2H3. The fourth-order valence-electron chi connectivity index (χ4n) is 1.20. The zero-order chi connectivity index (χ0) is 13.2. The molecule has 0 aromatic heterocycles. The monoisotopic (exact) mass is 306 g/mol. The highest BCUT2D eigenvalue weighted by Gasteiger charge is 2.24. The van der Waals surface area contributed by atoms with E-state index in [1.165, 1.54) is 12.1 Å². The van der Waals surface area contributed by atoms with E-state index in [2.05, 4.69) is 21.2 Å². The first kappa shape index (κ1) is 13.9. The molecule has 0 bridgehead atoms. The van der Waals surface area contributed by atoms with Gasteiger partial charge in [0.05, 0.1) is 15.5 Å². The molecular formula is C10H12BrFN2O3. The van der Waals surface area contributed by atoms with Crippen molar-refractivity contribution in [3.05, 3.63) is 32.5 Å². The van der Waals surface area contributed by atoms with Crippen LogP contribution in [0.2, 0.25) is 0 Å². The molecule has 0 heterocycles. The third kappa shape index (κ3) is 3.13. The molecule has 2 unspecified atom stereocenters. The molecule has 0 fully saturated rings.